The van der Waals surface area contributed by atoms with Crippen molar-refractivity contribution in [3.63, 3.8) is 0 Å². The summed E-state index contributed by atoms with van der Waals surface area (Å²) in [6.45, 7) is 0. The minimum atomic E-state index is -0.627. The Labute approximate surface area is 188 Å². The number of carbonyl (C=O) groups excluding carboxylic acids is 1. The minimum Gasteiger partial charge on any atom is -0.411 e. The molecule has 0 fully saturated rings. The first kappa shape index (κ1) is 21.4. The van der Waals surface area contributed by atoms with Crippen LogP contribution in [-0.2, 0) is 11.2 Å². The van der Waals surface area contributed by atoms with Gasteiger partial charge in [-0.3, -0.25) is 4.79 Å². The SMILES string of the molecule is O=C(CSc1nnc(-c2ccc(Cl)cc2)o1)Nc1ncc(Cc2ccc(F)cc2F)s1. The van der Waals surface area contributed by atoms with E-state index in [1.165, 1.54) is 23.5 Å². The number of amides is 1. The molecule has 2 heterocycles. The lowest BCUT2D eigenvalue weighted by atomic mass is 10.1. The molecule has 0 bridgehead atoms. The van der Waals surface area contributed by atoms with Crippen LogP contribution in [-0.4, -0.2) is 26.8 Å². The van der Waals surface area contributed by atoms with E-state index >= 15 is 0 Å². The number of rotatable bonds is 7. The van der Waals surface area contributed by atoms with Gasteiger partial charge in [0, 0.05) is 34.1 Å². The largest absolute Gasteiger partial charge is 0.411 e. The zero-order valence-corrected chi connectivity index (χ0v) is 18.0. The number of thioether (sulfide) groups is 1. The van der Waals surface area contributed by atoms with Crippen LogP contribution in [0.4, 0.5) is 13.9 Å². The van der Waals surface area contributed by atoms with Gasteiger partial charge in [-0.2, -0.15) is 0 Å². The number of benzene rings is 2. The molecule has 31 heavy (non-hydrogen) atoms. The highest BCUT2D eigenvalue weighted by Crippen LogP contribution is 2.26. The van der Waals surface area contributed by atoms with Crippen LogP contribution in [0, 0.1) is 11.6 Å². The van der Waals surface area contributed by atoms with Crippen LogP contribution >= 0.6 is 34.7 Å². The lowest BCUT2D eigenvalue weighted by Gasteiger charge is -2.01. The smallest absolute Gasteiger partial charge is 0.277 e. The number of nitrogens with zero attached hydrogens (tertiary/aromatic N) is 3. The maximum atomic E-state index is 13.8. The van der Waals surface area contributed by atoms with Gasteiger partial charge in [0.2, 0.25) is 11.8 Å². The van der Waals surface area contributed by atoms with Gasteiger partial charge in [0.05, 0.1) is 5.75 Å². The van der Waals surface area contributed by atoms with Crippen LogP contribution in [0.25, 0.3) is 11.5 Å². The van der Waals surface area contributed by atoms with Gasteiger partial charge in [0.15, 0.2) is 5.13 Å². The van der Waals surface area contributed by atoms with Gasteiger partial charge in [-0.25, -0.2) is 13.8 Å². The monoisotopic (exact) mass is 478 g/mol. The Hall–Kier alpha value is -2.82. The zero-order chi connectivity index (χ0) is 21.8. The first-order valence-corrected chi connectivity index (χ1v) is 11.0. The van der Waals surface area contributed by atoms with E-state index in [2.05, 4.69) is 20.5 Å². The summed E-state index contributed by atoms with van der Waals surface area (Å²) in [5.41, 5.74) is 1.08. The Kier molecular flexibility index (Phi) is 6.59. The number of hydrogen-bond donors (Lipinski definition) is 1. The van der Waals surface area contributed by atoms with E-state index in [0.717, 1.165) is 28.3 Å². The molecule has 0 unspecified atom stereocenters. The molecular formula is C20H13ClF2N4O2S2. The molecule has 0 spiro atoms. The van der Waals surface area contributed by atoms with E-state index in [1.54, 1.807) is 30.5 Å². The predicted molar refractivity (Wildman–Crippen MR) is 115 cm³/mol. The van der Waals surface area contributed by atoms with Crippen molar-refractivity contribution in [3.8, 4) is 11.5 Å². The van der Waals surface area contributed by atoms with E-state index in [1.807, 2.05) is 0 Å². The molecule has 1 amide bonds. The molecule has 0 atom stereocenters. The normalized spacial score (nSPS) is 10.9. The molecule has 4 aromatic rings. The Morgan fingerprint density at radius 1 is 1.16 bits per heavy atom. The molecular weight excluding hydrogens is 466 g/mol. The molecule has 2 aromatic heterocycles. The van der Waals surface area contributed by atoms with Gasteiger partial charge in [0.25, 0.3) is 5.22 Å². The average molecular weight is 479 g/mol. The summed E-state index contributed by atoms with van der Waals surface area (Å²) in [5.74, 6) is -1.17. The third-order valence-electron chi connectivity index (χ3n) is 4.00. The number of thiazole rings is 1. The Morgan fingerprint density at radius 3 is 2.74 bits per heavy atom. The average Bonchev–Trinajstić information content (AvgIpc) is 3.39. The minimum absolute atomic E-state index is 0.0454. The fourth-order valence-electron chi connectivity index (χ4n) is 2.56. The second-order valence-electron chi connectivity index (χ2n) is 6.26. The summed E-state index contributed by atoms with van der Waals surface area (Å²) in [6.07, 6.45) is 1.80. The summed E-state index contributed by atoms with van der Waals surface area (Å²) >= 11 is 8.17. The van der Waals surface area contributed by atoms with Crippen LogP contribution in [0.1, 0.15) is 10.4 Å². The van der Waals surface area contributed by atoms with Crippen LogP contribution < -0.4 is 5.32 Å². The zero-order valence-electron chi connectivity index (χ0n) is 15.6. The van der Waals surface area contributed by atoms with Gasteiger partial charge in [0.1, 0.15) is 11.6 Å². The highest BCUT2D eigenvalue weighted by molar-refractivity contribution is 7.99. The molecule has 0 saturated carbocycles. The van der Waals surface area contributed by atoms with E-state index in [-0.39, 0.29) is 23.3 Å². The van der Waals surface area contributed by atoms with Crippen LogP contribution in [0.5, 0.6) is 0 Å². The third-order valence-corrected chi connectivity index (χ3v) is 5.99. The van der Waals surface area contributed by atoms with Gasteiger partial charge in [-0.1, -0.05) is 29.4 Å². The molecule has 0 aliphatic carbocycles. The molecule has 0 aliphatic heterocycles. The fourth-order valence-corrected chi connectivity index (χ4v) is 4.10. The molecule has 2 aromatic carbocycles. The number of hydrogen-bond acceptors (Lipinski definition) is 7. The summed E-state index contributed by atoms with van der Waals surface area (Å²) in [5, 5.41) is 11.8. The molecule has 0 aliphatic rings. The Morgan fingerprint density at radius 2 is 1.97 bits per heavy atom. The highest BCUT2D eigenvalue weighted by Gasteiger charge is 2.13. The maximum Gasteiger partial charge on any atom is 0.277 e. The Bertz CT molecular complexity index is 1210. The second kappa shape index (κ2) is 9.54. The molecule has 6 nitrogen and oxygen atoms in total. The predicted octanol–water partition coefficient (Wildman–Crippen LogP) is 5.45. The van der Waals surface area contributed by atoms with Crippen LogP contribution in [0.3, 0.4) is 0 Å². The maximum absolute atomic E-state index is 13.8. The number of nitrogens with one attached hydrogen (secondary N) is 1. The number of halogens is 3. The fraction of sp³-hybridized carbons (Fsp3) is 0.100. The van der Waals surface area contributed by atoms with Gasteiger partial charge >= 0.3 is 0 Å². The van der Waals surface area contributed by atoms with E-state index in [9.17, 15) is 13.6 Å². The van der Waals surface area contributed by atoms with Crippen molar-refractivity contribution in [1.29, 1.82) is 0 Å². The molecule has 158 valence electrons. The Balaban J connectivity index is 1.30. The standard InChI is InChI=1S/C20H13ClF2N4O2S2/c21-13-4-1-11(2-5-13)18-26-27-20(29-18)30-10-17(28)25-19-24-9-15(31-19)7-12-3-6-14(22)8-16(12)23/h1-6,8-9H,7,10H2,(H,24,25,28). The van der Waals surface area contributed by atoms with Crippen LogP contribution in [0.15, 0.2) is 58.3 Å². The number of anilines is 1. The van der Waals surface area contributed by atoms with Gasteiger partial charge in [-0.05, 0) is 35.9 Å². The van der Waals surface area contributed by atoms with Gasteiger partial charge in [-0.15, -0.1) is 21.5 Å². The summed E-state index contributed by atoms with van der Waals surface area (Å²) in [7, 11) is 0. The topological polar surface area (TPSA) is 80.9 Å². The number of carbonyl (C=O) groups is 1. The summed E-state index contributed by atoms with van der Waals surface area (Å²) in [6, 6.07) is 10.4. The third kappa shape index (κ3) is 5.66. The van der Waals surface area contributed by atoms with Crippen LogP contribution in [0.2, 0.25) is 5.02 Å². The molecule has 4 rings (SSSR count). The van der Waals surface area contributed by atoms with E-state index < -0.39 is 11.6 Å². The van der Waals surface area contributed by atoms with Crippen molar-refractivity contribution in [2.24, 2.45) is 0 Å². The quantitative estimate of drug-likeness (QED) is 0.356. The molecule has 0 radical (unpaired) electrons. The van der Waals surface area contributed by atoms with Crippen molar-refractivity contribution in [2.75, 3.05) is 11.1 Å². The van der Waals surface area contributed by atoms with Crippen molar-refractivity contribution in [2.45, 2.75) is 11.6 Å². The second-order valence-corrected chi connectivity index (χ2v) is 8.74. The molecule has 0 saturated heterocycles. The number of aromatic nitrogens is 3. The first-order valence-electron chi connectivity index (χ1n) is 8.87. The van der Waals surface area contributed by atoms with E-state index in [4.69, 9.17) is 16.0 Å². The van der Waals surface area contributed by atoms with Crippen molar-refractivity contribution in [1.82, 2.24) is 15.2 Å². The highest BCUT2D eigenvalue weighted by atomic mass is 35.5. The first-order chi connectivity index (χ1) is 15.0. The summed E-state index contributed by atoms with van der Waals surface area (Å²) < 4.78 is 32.3. The van der Waals surface area contributed by atoms with Crippen molar-refractivity contribution < 1.29 is 18.0 Å². The van der Waals surface area contributed by atoms with Crippen molar-refractivity contribution in [3.05, 3.63) is 75.8 Å². The van der Waals surface area contributed by atoms with Crippen molar-refractivity contribution >= 4 is 45.7 Å². The lowest BCUT2D eigenvalue weighted by molar-refractivity contribution is -0.113. The molecule has 11 heteroatoms. The van der Waals surface area contributed by atoms with E-state index in [0.29, 0.717) is 21.6 Å². The lowest BCUT2D eigenvalue weighted by Crippen LogP contribution is -2.13. The summed E-state index contributed by atoms with van der Waals surface area (Å²) in [4.78, 5) is 17.0. The van der Waals surface area contributed by atoms with Gasteiger partial charge < -0.3 is 9.73 Å². The molecule has 1 N–H and O–H groups in total.